The van der Waals surface area contributed by atoms with Gasteiger partial charge >= 0.3 is 0 Å². The van der Waals surface area contributed by atoms with Crippen molar-refractivity contribution >= 4 is 44.3 Å². The van der Waals surface area contributed by atoms with E-state index in [1.165, 1.54) is 23.1 Å². The average Bonchev–Trinajstić information content (AvgIpc) is 3.33. The highest BCUT2D eigenvalue weighted by atomic mass is 35.5. The highest BCUT2D eigenvalue weighted by Gasteiger charge is 2.19. The van der Waals surface area contributed by atoms with Crippen LogP contribution in [0.4, 0.5) is 5.13 Å². The maximum absolute atomic E-state index is 13.4. The number of nitrogens with zero attached hydrogens (tertiary/aromatic N) is 4. The van der Waals surface area contributed by atoms with E-state index in [1.54, 1.807) is 31.4 Å². The first-order chi connectivity index (χ1) is 18.4. The summed E-state index contributed by atoms with van der Waals surface area (Å²) in [5, 5.41) is 13.4. The van der Waals surface area contributed by atoms with Crippen LogP contribution in [0.3, 0.4) is 0 Å². The van der Waals surface area contributed by atoms with Crippen LogP contribution in [0.1, 0.15) is 32.9 Å². The van der Waals surface area contributed by atoms with Gasteiger partial charge in [-0.05, 0) is 73.9 Å². The van der Waals surface area contributed by atoms with Gasteiger partial charge in [-0.3, -0.25) is 15.1 Å². The molecule has 0 radical (unpaired) electrons. The number of benzene rings is 2. The Morgan fingerprint density at radius 3 is 2.63 bits per heavy atom. The minimum atomic E-state index is -0.362. The number of halogens is 1. The van der Waals surface area contributed by atoms with Gasteiger partial charge in [-0.25, -0.2) is 9.97 Å². The lowest BCUT2D eigenvalue weighted by atomic mass is 9.97. The molecule has 7 nitrogen and oxygen atoms in total. The zero-order chi connectivity index (χ0) is 26.6. The number of hydrogen-bond acceptors (Lipinski definition) is 7. The summed E-state index contributed by atoms with van der Waals surface area (Å²) in [4.78, 5) is 27.8. The number of pyridine rings is 2. The number of aromatic nitrogens is 3. The fourth-order valence-electron chi connectivity index (χ4n) is 4.09. The molecule has 0 fully saturated rings. The van der Waals surface area contributed by atoms with Crippen molar-refractivity contribution in [3.05, 3.63) is 100.0 Å². The number of ether oxygens (including phenoxy) is 1. The fraction of sp³-hybridized carbons (Fsp3) is 0.138. The Morgan fingerprint density at radius 1 is 1.05 bits per heavy atom. The Balaban J connectivity index is 1.39. The number of hydrogen-bond donors (Lipinski definition) is 1. The van der Waals surface area contributed by atoms with Crippen LogP contribution in [0, 0.1) is 18.3 Å². The highest BCUT2D eigenvalue weighted by Crippen LogP contribution is 2.34. The van der Waals surface area contributed by atoms with E-state index < -0.39 is 0 Å². The van der Waals surface area contributed by atoms with E-state index in [9.17, 15) is 10.1 Å². The number of thiazole rings is 1. The van der Waals surface area contributed by atoms with Gasteiger partial charge in [0, 0.05) is 33.7 Å². The molecule has 3 aromatic heterocycles. The number of amides is 1. The van der Waals surface area contributed by atoms with Crippen molar-refractivity contribution in [1.82, 2.24) is 15.0 Å². The maximum Gasteiger partial charge on any atom is 0.259 e. The highest BCUT2D eigenvalue weighted by molar-refractivity contribution is 7.22. The second-order valence-corrected chi connectivity index (χ2v) is 10.0. The molecule has 0 atom stereocenters. The van der Waals surface area contributed by atoms with Gasteiger partial charge in [0.1, 0.15) is 16.1 Å². The molecule has 1 N–H and O–H groups in total. The molecule has 0 aliphatic carbocycles. The zero-order valence-corrected chi connectivity index (χ0v) is 22.2. The minimum Gasteiger partial charge on any atom is -0.496 e. The molecule has 1 amide bonds. The van der Waals surface area contributed by atoms with Gasteiger partial charge in [0.2, 0.25) is 0 Å². The van der Waals surface area contributed by atoms with Gasteiger partial charge in [-0.15, -0.1) is 0 Å². The van der Waals surface area contributed by atoms with Crippen LogP contribution in [0.25, 0.3) is 21.5 Å². The summed E-state index contributed by atoms with van der Waals surface area (Å²) in [7, 11) is 1.55. The van der Waals surface area contributed by atoms with E-state index in [4.69, 9.17) is 21.3 Å². The number of methoxy groups -OCH3 is 1. The number of aryl methyl sites for hydroxylation is 3. The number of carbonyl (C=O) groups excluding carboxylic acids is 1. The van der Waals surface area contributed by atoms with Crippen molar-refractivity contribution < 1.29 is 9.53 Å². The topological polar surface area (TPSA) is 101 Å². The summed E-state index contributed by atoms with van der Waals surface area (Å²) in [5.74, 6) is 0.192. The van der Waals surface area contributed by atoms with E-state index in [0.29, 0.717) is 38.7 Å². The monoisotopic (exact) mass is 539 g/mol. The van der Waals surface area contributed by atoms with Crippen LogP contribution in [-0.4, -0.2) is 28.0 Å². The second kappa shape index (κ2) is 11.0. The summed E-state index contributed by atoms with van der Waals surface area (Å²) < 4.78 is 5.51. The first kappa shape index (κ1) is 25.3. The summed E-state index contributed by atoms with van der Waals surface area (Å²) >= 11 is 7.29. The van der Waals surface area contributed by atoms with Crippen LogP contribution in [0.2, 0.25) is 5.02 Å². The molecule has 2 aromatic carbocycles. The Kier molecular flexibility index (Phi) is 7.31. The van der Waals surface area contributed by atoms with Crippen molar-refractivity contribution in [3.63, 3.8) is 0 Å². The largest absolute Gasteiger partial charge is 0.496 e. The molecular weight excluding hydrogens is 518 g/mol. The van der Waals surface area contributed by atoms with Crippen LogP contribution in [0.15, 0.2) is 66.9 Å². The maximum atomic E-state index is 13.4. The third-order valence-electron chi connectivity index (χ3n) is 6.02. The Hall–Kier alpha value is -4.32. The predicted molar refractivity (Wildman–Crippen MR) is 150 cm³/mol. The van der Waals surface area contributed by atoms with Crippen molar-refractivity contribution in [2.24, 2.45) is 0 Å². The van der Waals surface area contributed by atoms with Gasteiger partial charge in [-0.1, -0.05) is 35.1 Å². The SMILES string of the molecule is COc1ccc(C#N)cc1-c1cc(C)ncc1C(=O)Nc1nc2ccc(CCc3ccc(Cl)cc3)nc2s1. The molecule has 3 heterocycles. The number of nitriles is 1. The minimum absolute atomic E-state index is 0.347. The molecule has 0 saturated carbocycles. The Bertz CT molecular complexity index is 1690. The number of rotatable bonds is 7. The van der Waals surface area contributed by atoms with Crippen LogP contribution in [-0.2, 0) is 12.8 Å². The molecule has 0 saturated heterocycles. The van der Waals surface area contributed by atoms with Crippen LogP contribution >= 0.6 is 22.9 Å². The number of nitrogens with one attached hydrogen (secondary N) is 1. The Morgan fingerprint density at radius 2 is 1.87 bits per heavy atom. The third-order valence-corrected chi connectivity index (χ3v) is 7.15. The lowest BCUT2D eigenvalue weighted by Gasteiger charge is -2.13. The number of carbonyl (C=O) groups is 1. The molecule has 188 valence electrons. The summed E-state index contributed by atoms with van der Waals surface area (Å²) in [6.45, 7) is 1.84. The first-order valence-electron chi connectivity index (χ1n) is 11.8. The molecular formula is C29H22ClN5O2S. The van der Waals surface area contributed by atoms with Gasteiger partial charge in [0.05, 0.1) is 24.3 Å². The van der Waals surface area contributed by atoms with Gasteiger partial charge in [-0.2, -0.15) is 5.26 Å². The zero-order valence-electron chi connectivity index (χ0n) is 20.7. The molecule has 0 unspecified atom stereocenters. The molecule has 0 aliphatic heterocycles. The average molecular weight is 540 g/mol. The van der Waals surface area contributed by atoms with E-state index in [2.05, 4.69) is 21.4 Å². The lowest BCUT2D eigenvalue weighted by molar-refractivity contribution is 0.102. The van der Waals surface area contributed by atoms with Gasteiger partial charge < -0.3 is 4.74 Å². The van der Waals surface area contributed by atoms with E-state index in [0.717, 1.165) is 34.1 Å². The molecule has 0 spiro atoms. The van der Waals surface area contributed by atoms with Crippen molar-refractivity contribution in [3.8, 4) is 22.9 Å². The second-order valence-electron chi connectivity index (χ2n) is 8.62. The predicted octanol–water partition coefficient (Wildman–Crippen LogP) is 6.63. The van der Waals surface area contributed by atoms with Crippen LogP contribution < -0.4 is 10.1 Å². The fourth-order valence-corrected chi connectivity index (χ4v) is 5.07. The summed E-state index contributed by atoms with van der Waals surface area (Å²) in [6, 6.07) is 20.7. The standard InChI is InChI=1S/C29H22ClN5O2S/c1-17-13-22(23-14-19(15-31)6-12-26(23)37-2)24(16-32-17)27(36)35-29-34-25-11-10-21(33-28(25)38-29)9-5-18-3-7-20(30)8-4-18/h3-4,6-8,10-14,16H,5,9H2,1-2H3,(H,34,35,36). The normalized spacial score (nSPS) is 10.8. The molecule has 0 aliphatic rings. The number of fused-ring (bicyclic) bond motifs is 1. The number of anilines is 1. The van der Waals surface area contributed by atoms with Crippen molar-refractivity contribution in [2.45, 2.75) is 19.8 Å². The molecule has 9 heteroatoms. The van der Waals surface area contributed by atoms with Gasteiger partial charge in [0.15, 0.2) is 5.13 Å². The molecule has 0 bridgehead atoms. The van der Waals surface area contributed by atoms with Gasteiger partial charge in [0.25, 0.3) is 5.91 Å². The summed E-state index contributed by atoms with van der Waals surface area (Å²) in [6.07, 6.45) is 3.15. The Labute approximate surface area is 228 Å². The molecule has 38 heavy (non-hydrogen) atoms. The quantitative estimate of drug-likeness (QED) is 0.249. The third kappa shape index (κ3) is 5.49. The van der Waals surface area contributed by atoms with E-state index in [1.807, 2.05) is 43.3 Å². The smallest absolute Gasteiger partial charge is 0.259 e. The van der Waals surface area contributed by atoms with Crippen LogP contribution in [0.5, 0.6) is 5.75 Å². The van der Waals surface area contributed by atoms with E-state index >= 15 is 0 Å². The summed E-state index contributed by atoms with van der Waals surface area (Å²) in [5.41, 5.74) is 5.65. The van der Waals surface area contributed by atoms with E-state index in [-0.39, 0.29) is 5.91 Å². The molecule has 5 aromatic rings. The van der Waals surface area contributed by atoms with Crippen molar-refractivity contribution in [1.29, 1.82) is 5.26 Å². The first-order valence-corrected chi connectivity index (χ1v) is 13.0. The molecule has 5 rings (SSSR count). The van der Waals surface area contributed by atoms with Crippen molar-refractivity contribution in [2.75, 3.05) is 12.4 Å². The lowest BCUT2D eigenvalue weighted by Crippen LogP contribution is -2.14.